The molecule has 6 nitrogen and oxygen atoms in total. The molecule has 0 atom stereocenters. The van der Waals surface area contributed by atoms with E-state index >= 15 is 0 Å². The summed E-state index contributed by atoms with van der Waals surface area (Å²) in [6.45, 7) is 1.84. The van der Waals surface area contributed by atoms with E-state index in [0.717, 1.165) is 10.9 Å². The number of hydrogen-bond acceptors (Lipinski definition) is 6. The molecule has 170 valence electrons. The lowest BCUT2D eigenvalue weighted by molar-refractivity contribution is 0.408. The quantitative estimate of drug-likeness (QED) is 0.255. The van der Waals surface area contributed by atoms with Crippen molar-refractivity contribution < 1.29 is 8.94 Å². The van der Waals surface area contributed by atoms with Crippen LogP contribution in [0.1, 0.15) is 17.0 Å². The number of thiazole rings is 1. The Kier molecular flexibility index (Phi) is 6.00. The molecule has 0 fully saturated rings. The first-order chi connectivity index (χ1) is 16.4. The van der Waals surface area contributed by atoms with Crippen molar-refractivity contribution in [2.24, 2.45) is 4.99 Å². The average molecular weight is 510 g/mol. The standard InChI is InChI=1S/C25H17Cl2N3O3S/c1-14-23(22(33-29-14)9-5-15-3-6-17(26)7-4-15)30-20(13-34-25(30)28-2)19-12-16-11-18(27)8-10-21(16)32-24(19)31/h3-13H,1-2H3/b9-5+,28-25?. The number of benzene rings is 2. The number of hydrogen-bond donors (Lipinski definition) is 0. The molecule has 0 saturated heterocycles. The number of aromatic nitrogens is 2. The second-order valence-electron chi connectivity index (χ2n) is 7.46. The zero-order valence-electron chi connectivity index (χ0n) is 18.1. The van der Waals surface area contributed by atoms with Gasteiger partial charge in [-0.15, -0.1) is 11.3 Å². The van der Waals surface area contributed by atoms with Crippen LogP contribution in [0, 0.1) is 6.92 Å². The molecule has 0 aliphatic rings. The molecular formula is C25H17Cl2N3O3S. The number of fused-ring (bicyclic) bond motifs is 1. The molecule has 2 aromatic carbocycles. The summed E-state index contributed by atoms with van der Waals surface area (Å²) in [7, 11) is 1.70. The van der Waals surface area contributed by atoms with Gasteiger partial charge in [0.15, 0.2) is 10.6 Å². The number of halogens is 2. The fourth-order valence-electron chi connectivity index (χ4n) is 3.65. The van der Waals surface area contributed by atoms with E-state index in [9.17, 15) is 4.79 Å². The highest BCUT2D eigenvalue weighted by Gasteiger charge is 2.21. The molecular weight excluding hydrogens is 493 g/mol. The molecule has 9 heteroatoms. The van der Waals surface area contributed by atoms with Crippen LogP contribution in [-0.2, 0) is 0 Å². The highest BCUT2D eigenvalue weighted by Crippen LogP contribution is 2.29. The summed E-state index contributed by atoms with van der Waals surface area (Å²) < 4.78 is 13.1. The molecule has 0 radical (unpaired) electrons. The summed E-state index contributed by atoms with van der Waals surface area (Å²) in [6.07, 6.45) is 3.73. The van der Waals surface area contributed by atoms with E-state index in [1.165, 1.54) is 11.3 Å². The van der Waals surface area contributed by atoms with Crippen LogP contribution in [-0.4, -0.2) is 16.8 Å². The fourth-order valence-corrected chi connectivity index (χ4v) is 4.81. The minimum atomic E-state index is -0.462. The predicted octanol–water partition coefficient (Wildman–Crippen LogP) is 6.62. The van der Waals surface area contributed by atoms with Crippen LogP contribution in [0.25, 0.3) is 40.1 Å². The third kappa shape index (κ3) is 4.14. The van der Waals surface area contributed by atoms with E-state index in [1.807, 2.05) is 53.3 Å². The van der Waals surface area contributed by atoms with Crippen LogP contribution >= 0.6 is 34.5 Å². The molecule has 0 saturated carbocycles. The lowest BCUT2D eigenvalue weighted by Crippen LogP contribution is -2.17. The maximum absolute atomic E-state index is 12.9. The van der Waals surface area contributed by atoms with Gasteiger partial charge in [-0.3, -0.25) is 9.56 Å². The molecule has 0 aliphatic carbocycles. The number of aryl methyl sites for hydroxylation is 1. The Morgan fingerprint density at radius 1 is 1.06 bits per heavy atom. The van der Waals surface area contributed by atoms with Gasteiger partial charge >= 0.3 is 5.63 Å². The Balaban J connectivity index is 1.69. The van der Waals surface area contributed by atoms with Gasteiger partial charge in [0, 0.05) is 27.9 Å². The second-order valence-corrected chi connectivity index (χ2v) is 9.17. The van der Waals surface area contributed by atoms with Gasteiger partial charge in [0.1, 0.15) is 17.0 Å². The largest absolute Gasteiger partial charge is 0.422 e. The van der Waals surface area contributed by atoms with Crippen molar-refractivity contribution in [3.8, 4) is 16.9 Å². The number of rotatable bonds is 4. The molecule has 3 aromatic heterocycles. The minimum absolute atomic E-state index is 0.383. The summed E-state index contributed by atoms with van der Waals surface area (Å²) in [5.41, 5.74) is 3.30. The van der Waals surface area contributed by atoms with E-state index in [-0.39, 0.29) is 0 Å². The third-order valence-corrected chi connectivity index (χ3v) is 6.65. The lowest BCUT2D eigenvalue weighted by atomic mass is 10.1. The topological polar surface area (TPSA) is 73.5 Å². The van der Waals surface area contributed by atoms with Gasteiger partial charge in [-0.25, -0.2) is 4.79 Å². The van der Waals surface area contributed by atoms with E-state index in [0.29, 0.717) is 48.8 Å². The normalized spacial score (nSPS) is 12.3. The molecule has 34 heavy (non-hydrogen) atoms. The van der Waals surface area contributed by atoms with Crippen molar-refractivity contribution in [3.05, 3.63) is 96.2 Å². The molecule has 5 rings (SSSR count). The van der Waals surface area contributed by atoms with Crippen molar-refractivity contribution in [1.29, 1.82) is 0 Å². The van der Waals surface area contributed by atoms with Gasteiger partial charge in [0.25, 0.3) is 0 Å². The molecule has 5 aromatic rings. The summed E-state index contributed by atoms with van der Waals surface area (Å²) in [5, 5.41) is 7.97. The summed E-state index contributed by atoms with van der Waals surface area (Å²) in [6, 6.07) is 14.4. The van der Waals surface area contributed by atoms with Crippen LogP contribution in [0.2, 0.25) is 10.0 Å². The first kappa shape index (κ1) is 22.4. The summed E-state index contributed by atoms with van der Waals surface area (Å²) >= 11 is 13.5. The van der Waals surface area contributed by atoms with Gasteiger partial charge in [-0.1, -0.05) is 46.6 Å². The molecule has 0 bridgehead atoms. The lowest BCUT2D eigenvalue weighted by Gasteiger charge is -2.09. The number of nitrogens with zero attached hydrogens (tertiary/aromatic N) is 3. The average Bonchev–Trinajstić information content (AvgIpc) is 3.40. The first-order valence-corrected chi connectivity index (χ1v) is 11.9. The Morgan fingerprint density at radius 2 is 1.82 bits per heavy atom. The van der Waals surface area contributed by atoms with Gasteiger partial charge in [0.2, 0.25) is 0 Å². The van der Waals surface area contributed by atoms with Gasteiger partial charge in [0.05, 0.1) is 11.3 Å². The van der Waals surface area contributed by atoms with Crippen molar-refractivity contribution in [2.75, 3.05) is 7.05 Å². The highest BCUT2D eigenvalue weighted by molar-refractivity contribution is 7.07. The van der Waals surface area contributed by atoms with Crippen molar-refractivity contribution >= 4 is 57.7 Å². The van der Waals surface area contributed by atoms with E-state index < -0.39 is 5.63 Å². The van der Waals surface area contributed by atoms with Crippen LogP contribution in [0.4, 0.5) is 0 Å². The molecule has 0 aliphatic heterocycles. The smallest absolute Gasteiger partial charge is 0.345 e. The van der Waals surface area contributed by atoms with Crippen molar-refractivity contribution in [2.45, 2.75) is 6.92 Å². The minimum Gasteiger partial charge on any atom is -0.422 e. The van der Waals surface area contributed by atoms with E-state index in [2.05, 4.69) is 10.1 Å². The van der Waals surface area contributed by atoms with Crippen molar-refractivity contribution in [1.82, 2.24) is 9.72 Å². The molecule has 3 heterocycles. The molecule has 0 unspecified atom stereocenters. The van der Waals surface area contributed by atoms with Crippen molar-refractivity contribution in [3.63, 3.8) is 0 Å². The van der Waals surface area contributed by atoms with Gasteiger partial charge < -0.3 is 8.94 Å². The van der Waals surface area contributed by atoms with E-state index in [4.69, 9.17) is 32.1 Å². The van der Waals surface area contributed by atoms with Crippen LogP contribution in [0.5, 0.6) is 0 Å². The third-order valence-electron chi connectivity index (χ3n) is 5.25. The zero-order chi connectivity index (χ0) is 23.8. The van der Waals surface area contributed by atoms with Gasteiger partial charge in [-0.05, 0) is 55.0 Å². The Labute approximate surface area is 208 Å². The molecule has 0 amide bonds. The predicted molar refractivity (Wildman–Crippen MR) is 137 cm³/mol. The highest BCUT2D eigenvalue weighted by atomic mass is 35.5. The van der Waals surface area contributed by atoms with Crippen LogP contribution in [0.15, 0.2) is 72.6 Å². The summed E-state index contributed by atoms with van der Waals surface area (Å²) in [4.78, 5) is 18.0. The van der Waals surface area contributed by atoms with Gasteiger partial charge in [-0.2, -0.15) is 0 Å². The molecule has 0 N–H and O–H groups in total. The zero-order valence-corrected chi connectivity index (χ0v) is 20.4. The first-order valence-electron chi connectivity index (χ1n) is 10.2. The van der Waals surface area contributed by atoms with Crippen LogP contribution in [0.3, 0.4) is 0 Å². The second kappa shape index (κ2) is 9.10. The van der Waals surface area contributed by atoms with Crippen LogP contribution < -0.4 is 10.4 Å². The Hall–Kier alpha value is -3.39. The SMILES string of the molecule is CN=c1scc(-c2cc3cc(Cl)ccc3oc2=O)n1-c1c(C)noc1/C=C/c1ccc(Cl)cc1. The van der Waals surface area contributed by atoms with E-state index in [1.54, 1.807) is 31.3 Å². The molecule has 0 spiro atoms. The monoisotopic (exact) mass is 509 g/mol. The Bertz CT molecular complexity index is 1670. The fraction of sp³-hybridized carbons (Fsp3) is 0.0800. The summed E-state index contributed by atoms with van der Waals surface area (Å²) in [5.74, 6) is 0.523. The Morgan fingerprint density at radius 3 is 2.59 bits per heavy atom. The maximum Gasteiger partial charge on any atom is 0.345 e. The maximum atomic E-state index is 12.9.